The van der Waals surface area contributed by atoms with Crippen LogP contribution in [-0.4, -0.2) is 21.1 Å². The number of rotatable bonds is 5. The van der Waals surface area contributed by atoms with Gasteiger partial charge in [0.1, 0.15) is 5.82 Å². The van der Waals surface area contributed by atoms with Crippen molar-refractivity contribution in [2.75, 3.05) is 5.73 Å². The number of carbonyl (C=O) groups is 1. The van der Waals surface area contributed by atoms with Crippen molar-refractivity contribution >= 4 is 17.3 Å². The lowest BCUT2D eigenvalue weighted by Gasteiger charge is -2.10. The largest absolute Gasteiger partial charge is 0.449 e. The van der Waals surface area contributed by atoms with Crippen molar-refractivity contribution in [1.29, 1.82) is 0 Å². The number of nitrogen functional groups attached to an aromatic ring is 1. The van der Waals surface area contributed by atoms with Gasteiger partial charge < -0.3 is 14.9 Å². The van der Waals surface area contributed by atoms with Crippen LogP contribution in [0.2, 0.25) is 0 Å². The van der Waals surface area contributed by atoms with Gasteiger partial charge in [-0.25, -0.2) is 9.18 Å². The molecule has 0 spiro atoms. The van der Waals surface area contributed by atoms with E-state index in [1.165, 1.54) is 37.3 Å². The van der Waals surface area contributed by atoms with Crippen LogP contribution in [0.4, 0.5) is 15.8 Å². The predicted molar refractivity (Wildman–Crippen MR) is 91.0 cm³/mol. The summed E-state index contributed by atoms with van der Waals surface area (Å²) in [5, 5.41) is 18.3. The summed E-state index contributed by atoms with van der Waals surface area (Å²) in [6.45, 7) is 1.52. The molecule has 1 atom stereocenters. The maximum Gasteiger partial charge on any atom is 0.341 e. The lowest BCUT2D eigenvalue weighted by atomic mass is 10.2. The molecule has 1 aromatic heterocycles. The second kappa shape index (κ2) is 7.20. The van der Waals surface area contributed by atoms with Crippen LogP contribution in [-0.2, 0) is 4.74 Å². The zero-order valence-corrected chi connectivity index (χ0v) is 14.0. The monoisotopic (exact) mass is 372 g/mol. The number of halogens is 1. The topological polar surface area (TPSA) is 134 Å². The third kappa shape index (κ3) is 3.89. The summed E-state index contributed by atoms with van der Waals surface area (Å²) >= 11 is 0. The number of aromatic nitrogens is 2. The molecule has 0 aliphatic rings. The molecule has 0 aliphatic heterocycles. The SMILES string of the molecule is C[C@@H](OC(=O)c1ccc(F)cc1N)c1nnc(-c2ccc([N+](=O)[O-])cc2)o1. The normalized spacial score (nSPS) is 11.8. The van der Waals surface area contributed by atoms with E-state index in [9.17, 15) is 19.3 Å². The Balaban J connectivity index is 1.73. The van der Waals surface area contributed by atoms with Crippen LogP contribution in [0.5, 0.6) is 0 Å². The molecule has 27 heavy (non-hydrogen) atoms. The van der Waals surface area contributed by atoms with Gasteiger partial charge in [-0.2, -0.15) is 0 Å². The van der Waals surface area contributed by atoms with E-state index in [2.05, 4.69) is 10.2 Å². The van der Waals surface area contributed by atoms with E-state index in [1.54, 1.807) is 0 Å². The van der Waals surface area contributed by atoms with Crippen LogP contribution in [0.15, 0.2) is 46.9 Å². The molecular weight excluding hydrogens is 359 g/mol. The Labute approximate surface area is 151 Å². The Morgan fingerprint density at radius 1 is 1.26 bits per heavy atom. The molecule has 0 radical (unpaired) electrons. The molecule has 0 bridgehead atoms. The Bertz CT molecular complexity index is 1000. The molecule has 138 valence electrons. The number of hydrogen-bond acceptors (Lipinski definition) is 8. The molecule has 0 aliphatic carbocycles. The van der Waals surface area contributed by atoms with Gasteiger partial charge in [0.2, 0.25) is 5.89 Å². The van der Waals surface area contributed by atoms with E-state index >= 15 is 0 Å². The number of nitrogens with zero attached hydrogens (tertiary/aromatic N) is 3. The van der Waals surface area contributed by atoms with Crippen molar-refractivity contribution in [3.8, 4) is 11.5 Å². The number of nitrogens with two attached hydrogens (primary N) is 1. The van der Waals surface area contributed by atoms with Gasteiger partial charge in [-0.15, -0.1) is 10.2 Å². The zero-order valence-electron chi connectivity index (χ0n) is 14.0. The number of nitro benzene ring substituents is 1. The Morgan fingerprint density at radius 3 is 2.59 bits per heavy atom. The molecule has 0 saturated carbocycles. The summed E-state index contributed by atoms with van der Waals surface area (Å²) in [7, 11) is 0. The van der Waals surface area contributed by atoms with Gasteiger partial charge in [0.05, 0.1) is 10.5 Å². The van der Waals surface area contributed by atoms with Crippen LogP contribution >= 0.6 is 0 Å². The standard InChI is InChI=1S/C17H13FN4O5/c1-9(26-17(23)13-7-4-11(18)8-14(13)19)15-20-21-16(27-15)10-2-5-12(6-3-10)22(24)25/h2-9H,19H2,1H3/t9-/m1/s1. The van der Waals surface area contributed by atoms with E-state index in [0.717, 1.165) is 12.1 Å². The number of anilines is 1. The van der Waals surface area contributed by atoms with Gasteiger partial charge >= 0.3 is 5.97 Å². The fraction of sp³-hybridized carbons (Fsp3) is 0.118. The minimum Gasteiger partial charge on any atom is -0.449 e. The van der Waals surface area contributed by atoms with Gasteiger partial charge in [-0.05, 0) is 37.3 Å². The summed E-state index contributed by atoms with van der Waals surface area (Å²) in [5.41, 5.74) is 5.97. The number of esters is 1. The van der Waals surface area contributed by atoms with Crippen LogP contribution in [0.3, 0.4) is 0 Å². The average Bonchev–Trinajstić information content (AvgIpc) is 3.12. The fourth-order valence-electron chi connectivity index (χ4n) is 2.24. The molecule has 9 nitrogen and oxygen atoms in total. The second-order valence-corrected chi connectivity index (χ2v) is 5.53. The van der Waals surface area contributed by atoms with Crippen molar-refractivity contribution < 1.29 is 23.3 Å². The highest BCUT2D eigenvalue weighted by molar-refractivity contribution is 5.95. The quantitative estimate of drug-likeness (QED) is 0.312. The molecule has 10 heteroatoms. The molecule has 0 amide bonds. The van der Waals surface area contributed by atoms with Crippen LogP contribution in [0.1, 0.15) is 29.3 Å². The smallest absolute Gasteiger partial charge is 0.341 e. The minimum absolute atomic E-state index is 0.0124. The molecule has 3 aromatic rings. The molecule has 0 saturated heterocycles. The highest BCUT2D eigenvalue weighted by Gasteiger charge is 2.21. The van der Waals surface area contributed by atoms with E-state index in [4.69, 9.17) is 14.9 Å². The maximum absolute atomic E-state index is 13.1. The number of hydrogen-bond donors (Lipinski definition) is 1. The zero-order chi connectivity index (χ0) is 19.6. The number of benzene rings is 2. The summed E-state index contributed by atoms with van der Waals surface area (Å²) in [6, 6.07) is 8.87. The summed E-state index contributed by atoms with van der Waals surface area (Å²) in [5.74, 6) is -1.20. The average molecular weight is 372 g/mol. The molecule has 2 aromatic carbocycles. The first-order chi connectivity index (χ1) is 12.8. The molecule has 0 fully saturated rings. The summed E-state index contributed by atoms with van der Waals surface area (Å²) in [6.07, 6.45) is -0.888. The number of carbonyl (C=O) groups excluding carboxylic acids is 1. The lowest BCUT2D eigenvalue weighted by Crippen LogP contribution is -2.11. The minimum atomic E-state index is -0.888. The molecular formula is C17H13FN4O5. The van der Waals surface area contributed by atoms with Crippen molar-refractivity contribution in [3.63, 3.8) is 0 Å². The van der Waals surface area contributed by atoms with Crippen LogP contribution in [0.25, 0.3) is 11.5 Å². The number of non-ortho nitro benzene ring substituents is 1. The van der Waals surface area contributed by atoms with Gasteiger partial charge in [-0.3, -0.25) is 10.1 Å². The highest BCUT2D eigenvalue weighted by atomic mass is 19.1. The van der Waals surface area contributed by atoms with E-state index in [0.29, 0.717) is 5.56 Å². The van der Waals surface area contributed by atoms with E-state index in [1.807, 2.05) is 0 Å². The van der Waals surface area contributed by atoms with Gasteiger partial charge in [-0.1, -0.05) is 0 Å². The first-order valence-corrected chi connectivity index (χ1v) is 7.69. The van der Waals surface area contributed by atoms with Gasteiger partial charge in [0.25, 0.3) is 11.6 Å². The Kier molecular flexibility index (Phi) is 4.79. The summed E-state index contributed by atoms with van der Waals surface area (Å²) < 4.78 is 23.7. The second-order valence-electron chi connectivity index (χ2n) is 5.53. The molecule has 3 rings (SSSR count). The van der Waals surface area contributed by atoms with Crippen molar-refractivity contribution in [1.82, 2.24) is 10.2 Å². The third-order valence-corrected chi connectivity index (χ3v) is 3.63. The Hall–Kier alpha value is -3.82. The third-order valence-electron chi connectivity index (χ3n) is 3.63. The van der Waals surface area contributed by atoms with Crippen LogP contribution in [0, 0.1) is 15.9 Å². The van der Waals surface area contributed by atoms with Gasteiger partial charge in [0, 0.05) is 23.4 Å². The van der Waals surface area contributed by atoms with Crippen molar-refractivity contribution in [2.45, 2.75) is 13.0 Å². The first-order valence-electron chi connectivity index (χ1n) is 7.69. The fourth-order valence-corrected chi connectivity index (χ4v) is 2.24. The van der Waals surface area contributed by atoms with Crippen molar-refractivity contribution in [2.24, 2.45) is 0 Å². The molecule has 2 N–H and O–H groups in total. The summed E-state index contributed by atoms with van der Waals surface area (Å²) in [4.78, 5) is 22.3. The van der Waals surface area contributed by atoms with Gasteiger partial charge in [0.15, 0.2) is 6.10 Å². The lowest BCUT2D eigenvalue weighted by molar-refractivity contribution is -0.384. The number of ether oxygens (including phenoxy) is 1. The first kappa shape index (κ1) is 18.0. The van der Waals surface area contributed by atoms with E-state index in [-0.39, 0.29) is 28.7 Å². The molecule has 0 unspecified atom stereocenters. The Morgan fingerprint density at radius 2 is 1.96 bits per heavy atom. The number of nitro groups is 1. The highest BCUT2D eigenvalue weighted by Crippen LogP contribution is 2.25. The van der Waals surface area contributed by atoms with Crippen molar-refractivity contribution in [3.05, 3.63) is 69.9 Å². The predicted octanol–water partition coefficient (Wildman–Crippen LogP) is 3.28. The maximum atomic E-state index is 13.1. The molecule has 1 heterocycles. The van der Waals surface area contributed by atoms with Crippen LogP contribution < -0.4 is 5.73 Å². The van der Waals surface area contributed by atoms with E-state index < -0.39 is 22.8 Å².